The summed E-state index contributed by atoms with van der Waals surface area (Å²) < 4.78 is 11.5. The molecule has 3 aromatic rings. The number of fused-ring (bicyclic) bond motifs is 2. The largest absolute Gasteiger partial charge is 0.379 e. The van der Waals surface area contributed by atoms with Gasteiger partial charge in [-0.2, -0.15) is 5.26 Å². The van der Waals surface area contributed by atoms with Gasteiger partial charge in [0.2, 0.25) is 5.91 Å². The number of hydrogen-bond acceptors (Lipinski definition) is 8. The maximum Gasteiger partial charge on any atom is 0.246 e. The minimum absolute atomic E-state index is 0.130. The maximum atomic E-state index is 12.5. The summed E-state index contributed by atoms with van der Waals surface area (Å²) in [6, 6.07) is 15.0. The van der Waals surface area contributed by atoms with Gasteiger partial charge in [-0.1, -0.05) is 36.9 Å². The standard InChI is InChI=1S/C33H38N6O3/c1-3-31(40)39-17-16-38(20-25(39)10-14-34)33-27-11-15-37(29-9-5-8-24-7-4-6-23(2)32(24)29)21-28(27)35-30(36-33)13-19-42-26-12-18-41-22-26/h3-9,25-26H,1,10-13,15-22H2,2H3/t25-,26+/m0/s1. The number of nitrogens with zero attached hydrogens (tertiary/aromatic N) is 6. The van der Waals surface area contributed by atoms with Gasteiger partial charge in [0, 0.05) is 55.8 Å². The Balaban J connectivity index is 1.31. The molecule has 2 atom stereocenters. The molecule has 1 amide bonds. The minimum atomic E-state index is -0.215. The highest BCUT2D eigenvalue weighted by Gasteiger charge is 2.33. The van der Waals surface area contributed by atoms with Gasteiger partial charge in [-0.05, 0) is 42.9 Å². The molecule has 6 rings (SSSR count). The van der Waals surface area contributed by atoms with Crippen LogP contribution in [-0.4, -0.2) is 78.9 Å². The summed E-state index contributed by atoms with van der Waals surface area (Å²) in [7, 11) is 0. The van der Waals surface area contributed by atoms with Gasteiger partial charge >= 0.3 is 0 Å². The monoisotopic (exact) mass is 566 g/mol. The molecule has 9 heteroatoms. The number of hydrogen-bond donors (Lipinski definition) is 0. The van der Waals surface area contributed by atoms with Crippen LogP contribution < -0.4 is 9.80 Å². The predicted molar refractivity (Wildman–Crippen MR) is 162 cm³/mol. The molecular formula is C33H38N6O3. The zero-order chi connectivity index (χ0) is 29.1. The molecule has 0 N–H and O–H groups in total. The lowest BCUT2D eigenvalue weighted by molar-refractivity contribution is -0.128. The van der Waals surface area contributed by atoms with Crippen molar-refractivity contribution in [3.8, 4) is 6.07 Å². The van der Waals surface area contributed by atoms with Gasteiger partial charge in [0.15, 0.2) is 0 Å². The molecule has 0 radical (unpaired) electrons. The zero-order valence-corrected chi connectivity index (χ0v) is 24.3. The zero-order valence-electron chi connectivity index (χ0n) is 24.3. The Kier molecular flexibility index (Phi) is 8.36. The van der Waals surface area contributed by atoms with Gasteiger partial charge in [0.1, 0.15) is 11.6 Å². The van der Waals surface area contributed by atoms with Gasteiger partial charge in [0.25, 0.3) is 0 Å². The van der Waals surface area contributed by atoms with Crippen molar-refractivity contribution in [2.75, 3.05) is 55.8 Å². The fourth-order valence-electron chi connectivity index (χ4n) is 6.50. The Morgan fingerprint density at radius 1 is 1.19 bits per heavy atom. The second-order valence-corrected chi connectivity index (χ2v) is 11.3. The number of aryl methyl sites for hydroxylation is 1. The predicted octanol–water partition coefficient (Wildman–Crippen LogP) is 3.97. The average Bonchev–Trinajstić information content (AvgIpc) is 3.54. The van der Waals surface area contributed by atoms with E-state index in [9.17, 15) is 10.1 Å². The molecule has 0 aliphatic carbocycles. The first-order chi connectivity index (χ1) is 20.6. The first-order valence-corrected chi connectivity index (χ1v) is 14.9. The van der Waals surface area contributed by atoms with E-state index in [1.54, 1.807) is 4.90 Å². The molecule has 9 nitrogen and oxygen atoms in total. The second kappa shape index (κ2) is 12.5. The molecule has 0 bridgehead atoms. The van der Waals surface area contributed by atoms with E-state index in [0.717, 1.165) is 48.9 Å². The first-order valence-electron chi connectivity index (χ1n) is 14.9. The number of ether oxygens (including phenoxy) is 2. The van der Waals surface area contributed by atoms with E-state index >= 15 is 0 Å². The van der Waals surface area contributed by atoms with Crippen LogP contribution in [0.1, 0.15) is 35.5 Å². The molecular weight excluding hydrogens is 528 g/mol. The number of carbonyl (C=O) groups excluding carboxylic acids is 1. The van der Waals surface area contributed by atoms with Crippen LogP contribution >= 0.6 is 0 Å². The van der Waals surface area contributed by atoms with Crippen molar-refractivity contribution in [2.24, 2.45) is 0 Å². The lowest BCUT2D eigenvalue weighted by Gasteiger charge is -2.42. The average molecular weight is 567 g/mol. The van der Waals surface area contributed by atoms with E-state index in [0.29, 0.717) is 45.8 Å². The van der Waals surface area contributed by atoms with E-state index in [1.165, 1.54) is 28.1 Å². The van der Waals surface area contributed by atoms with E-state index in [-0.39, 0.29) is 24.5 Å². The van der Waals surface area contributed by atoms with E-state index in [1.807, 2.05) is 0 Å². The van der Waals surface area contributed by atoms with Crippen molar-refractivity contribution in [2.45, 2.75) is 51.3 Å². The van der Waals surface area contributed by atoms with Crippen LogP contribution in [0.25, 0.3) is 10.8 Å². The van der Waals surface area contributed by atoms with Crippen LogP contribution in [0.5, 0.6) is 0 Å². The maximum absolute atomic E-state index is 12.5. The van der Waals surface area contributed by atoms with Crippen LogP contribution in [0.3, 0.4) is 0 Å². The molecule has 1 aromatic heterocycles. The molecule has 218 valence electrons. The van der Waals surface area contributed by atoms with Crippen LogP contribution in [-0.2, 0) is 33.7 Å². The summed E-state index contributed by atoms with van der Waals surface area (Å²) in [5.41, 5.74) is 4.70. The van der Waals surface area contributed by atoms with E-state index in [2.05, 4.69) is 65.8 Å². The number of rotatable bonds is 8. The quantitative estimate of drug-likeness (QED) is 0.378. The highest BCUT2D eigenvalue weighted by molar-refractivity contribution is 5.97. The van der Waals surface area contributed by atoms with Gasteiger partial charge in [-0.3, -0.25) is 4.79 Å². The smallest absolute Gasteiger partial charge is 0.246 e. The third kappa shape index (κ3) is 5.69. The third-order valence-electron chi connectivity index (χ3n) is 8.66. The van der Waals surface area contributed by atoms with Crippen LogP contribution in [0, 0.1) is 18.3 Å². The first kappa shape index (κ1) is 28.1. The fourth-order valence-corrected chi connectivity index (χ4v) is 6.50. The third-order valence-corrected chi connectivity index (χ3v) is 8.66. The molecule has 42 heavy (non-hydrogen) atoms. The molecule has 3 aliphatic rings. The molecule has 0 unspecified atom stereocenters. The summed E-state index contributed by atoms with van der Waals surface area (Å²) in [6.45, 7) is 11.0. The van der Waals surface area contributed by atoms with Crippen molar-refractivity contribution in [1.82, 2.24) is 14.9 Å². The Bertz CT molecular complexity index is 1510. The number of aromatic nitrogens is 2. The number of nitriles is 1. The Morgan fingerprint density at radius 2 is 2.05 bits per heavy atom. The number of carbonyl (C=O) groups is 1. The lowest BCUT2D eigenvalue weighted by Crippen LogP contribution is -2.55. The second-order valence-electron chi connectivity index (χ2n) is 11.3. The van der Waals surface area contributed by atoms with Gasteiger partial charge in [-0.25, -0.2) is 9.97 Å². The lowest BCUT2D eigenvalue weighted by atomic mass is 9.99. The molecule has 2 fully saturated rings. The van der Waals surface area contributed by atoms with Crippen LogP contribution in [0.15, 0.2) is 49.1 Å². The highest BCUT2D eigenvalue weighted by Crippen LogP contribution is 2.35. The van der Waals surface area contributed by atoms with Crippen LogP contribution in [0.2, 0.25) is 0 Å². The van der Waals surface area contributed by atoms with Crippen LogP contribution in [0.4, 0.5) is 11.5 Å². The Labute approximate surface area is 247 Å². The summed E-state index contributed by atoms with van der Waals surface area (Å²) in [5, 5.41) is 12.0. The van der Waals surface area contributed by atoms with Crippen molar-refractivity contribution in [3.05, 3.63) is 71.7 Å². The van der Waals surface area contributed by atoms with Crippen molar-refractivity contribution >= 4 is 28.2 Å². The highest BCUT2D eigenvalue weighted by atomic mass is 16.5. The number of amides is 1. The summed E-state index contributed by atoms with van der Waals surface area (Å²) in [4.78, 5) is 29.2. The Morgan fingerprint density at radius 3 is 2.83 bits per heavy atom. The van der Waals surface area contributed by atoms with E-state index in [4.69, 9.17) is 19.4 Å². The van der Waals surface area contributed by atoms with E-state index < -0.39 is 0 Å². The number of piperazine rings is 1. The molecule has 2 aromatic carbocycles. The van der Waals surface area contributed by atoms with Crippen molar-refractivity contribution in [3.63, 3.8) is 0 Å². The number of benzene rings is 2. The molecule has 2 saturated heterocycles. The van der Waals surface area contributed by atoms with Gasteiger partial charge in [0.05, 0.1) is 50.1 Å². The Hall–Kier alpha value is -4.00. The number of anilines is 2. The van der Waals surface area contributed by atoms with Gasteiger partial charge < -0.3 is 24.2 Å². The fraction of sp³-hybridized carbons (Fsp3) is 0.455. The summed E-state index contributed by atoms with van der Waals surface area (Å²) in [6.07, 6.45) is 4.09. The molecule has 0 saturated carbocycles. The summed E-state index contributed by atoms with van der Waals surface area (Å²) in [5.74, 6) is 1.57. The normalized spacial score (nSPS) is 20.4. The molecule has 3 aliphatic heterocycles. The molecule has 0 spiro atoms. The topological polar surface area (TPSA) is 94.8 Å². The van der Waals surface area contributed by atoms with Crippen molar-refractivity contribution < 1.29 is 14.3 Å². The van der Waals surface area contributed by atoms with Gasteiger partial charge in [-0.15, -0.1) is 0 Å². The summed E-state index contributed by atoms with van der Waals surface area (Å²) >= 11 is 0. The minimum Gasteiger partial charge on any atom is -0.379 e. The molecule has 4 heterocycles. The SMILES string of the molecule is C=CC(=O)N1CCN(c2nc(CCO[C@@H]3CCOC3)nc3c2CCN(c2cccc4cccc(C)c24)C3)C[C@@H]1CC#N. The van der Waals surface area contributed by atoms with Crippen molar-refractivity contribution in [1.29, 1.82) is 5.26 Å².